The Morgan fingerprint density at radius 3 is 1.17 bits per heavy atom. The summed E-state index contributed by atoms with van der Waals surface area (Å²) in [4.78, 5) is 24.2. The number of carbonyl (C=O) groups excluding carboxylic acids is 2. The highest BCUT2D eigenvalue weighted by molar-refractivity contribution is 5.89. The van der Waals surface area contributed by atoms with Crippen LogP contribution in [0.25, 0.3) is 0 Å². The number of hydrogen-bond acceptors (Lipinski definition) is 4. The summed E-state index contributed by atoms with van der Waals surface area (Å²) in [5, 5.41) is 0. The van der Waals surface area contributed by atoms with Gasteiger partial charge in [-0.2, -0.15) is 0 Å². The molecule has 0 atom stereocenters. The highest BCUT2D eigenvalue weighted by Crippen LogP contribution is 2.23. The van der Waals surface area contributed by atoms with Gasteiger partial charge in [-0.05, 0) is 59.1 Å². The van der Waals surface area contributed by atoms with E-state index in [2.05, 4.69) is 41.5 Å². The minimum Gasteiger partial charge on any atom is -0.462 e. The van der Waals surface area contributed by atoms with E-state index in [1.54, 1.807) is 24.3 Å². The van der Waals surface area contributed by atoms with Gasteiger partial charge in [-0.3, -0.25) is 0 Å². The van der Waals surface area contributed by atoms with Gasteiger partial charge < -0.3 is 9.47 Å². The monoisotopic (exact) mass is 410 g/mol. The van der Waals surface area contributed by atoms with Crippen molar-refractivity contribution in [3.8, 4) is 0 Å². The van der Waals surface area contributed by atoms with Crippen molar-refractivity contribution in [1.29, 1.82) is 0 Å². The maximum Gasteiger partial charge on any atom is 0.338 e. The van der Waals surface area contributed by atoms with Crippen molar-refractivity contribution in [2.24, 2.45) is 0 Å². The molecular weight excluding hydrogens is 376 g/mol. The second-order valence-corrected chi connectivity index (χ2v) is 9.63. The van der Waals surface area contributed by atoms with Gasteiger partial charge in [0.1, 0.15) is 0 Å². The van der Waals surface area contributed by atoms with Crippen LogP contribution in [0, 0.1) is 0 Å². The van der Waals surface area contributed by atoms with Crippen LogP contribution in [0.2, 0.25) is 0 Å². The summed E-state index contributed by atoms with van der Waals surface area (Å²) in [5.41, 5.74) is 3.55. The highest BCUT2D eigenvalue weighted by atomic mass is 16.5. The van der Waals surface area contributed by atoms with Crippen LogP contribution in [0.5, 0.6) is 0 Å². The van der Waals surface area contributed by atoms with Crippen molar-refractivity contribution < 1.29 is 19.1 Å². The Kier molecular flexibility index (Phi) is 7.83. The minimum absolute atomic E-state index is 0.0501. The highest BCUT2D eigenvalue weighted by Gasteiger charge is 2.16. The molecule has 0 unspecified atom stereocenters. The molecule has 0 heterocycles. The van der Waals surface area contributed by atoms with E-state index in [9.17, 15) is 9.59 Å². The molecule has 162 valence electrons. The molecule has 2 aromatic rings. The number of unbranched alkanes of at least 4 members (excludes halogenated alkanes) is 1. The minimum atomic E-state index is -0.327. The standard InChI is InChI=1S/C26H34O4/c1-25(2,3)21-13-9-19(10-14-21)23(27)29-17-7-8-18-30-24(28)20-11-15-22(16-12-20)26(4,5)6/h9-16H,7-8,17-18H2,1-6H3. The molecule has 0 spiro atoms. The summed E-state index contributed by atoms with van der Waals surface area (Å²) in [6, 6.07) is 15.1. The van der Waals surface area contributed by atoms with E-state index in [0.717, 1.165) is 0 Å². The van der Waals surface area contributed by atoms with E-state index in [0.29, 0.717) is 37.2 Å². The molecule has 0 aliphatic carbocycles. The van der Waals surface area contributed by atoms with E-state index >= 15 is 0 Å². The Hall–Kier alpha value is -2.62. The summed E-state index contributed by atoms with van der Waals surface area (Å²) in [6.45, 7) is 13.4. The average Bonchev–Trinajstić information content (AvgIpc) is 2.69. The smallest absolute Gasteiger partial charge is 0.338 e. The predicted molar refractivity (Wildman–Crippen MR) is 120 cm³/mol. The maximum absolute atomic E-state index is 12.1. The third kappa shape index (κ3) is 7.01. The quantitative estimate of drug-likeness (QED) is 0.410. The molecule has 0 fully saturated rings. The van der Waals surface area contributed by atoms with Gasteiger partial charge in [-0.15, -0.1) is 0 Å². The molecule has 2 aromatic carbocycles. The fourth-order valence-corrected chi connectivity index (χ4v) is 2.91. The van der Waals surface area contributed by atoms with Crippen LogP contribution in [0.1, 0.15) is 86.2 Å². The fraction of sp³-hybridized carbons (Fsp3) is 0.462. The molecule has 30 heavy (non-hydrogen) atoms. The molecule has 0 bridgehead atoms. The maximum atomic E-state index is 12.1. The van der Waals surface area contributed by atoms with Gasteiger partial charge in [0, 0.05) is 0 Å². The molecule has 2 rings (SSSR count). The van der Waals surface area contributed by atoms with Crippen molar-refractivity contribution in [2.75, 3.05) is 13.2 Å². The lowest BCUT2D eigenvalue weighted by atomic mass is 9.87. The van der Waals surface area contributed by atoms with E-state index in [-0.39, 0.29) is 22.8 Å². The molecule has 0 aliphatic rings. The zero-order valence-electron chi connectivity index (χ0n) is 19.1. The second kappa shape index (κ2) is 9.92. The average molecular weight is 411 g/mol. The Balaban J connectivity index is 1.68. The number of benzene rings is 2. The first-order chi connectivity index (χ1) is 14.0. The van der Waals surface area contributed by atoms with Gasteiger partial charge in [-0.1, -0.05) is 65.8 Å². The molecule has 0 aromatic heterocycles. The summed E-state index contributed by atoms with van der Waals surface area (Å²) < 4.78 is 10.6. The number of ether oxygens (including phenoxy) is 2. The molecule has 0 radical (unpaired) electrons. The summed E-state index contributed by atoms with van der Waals surface area (Å²) >= 11 is 0. The first-order valence-corrected chi connectivity index (χ1v) is 10.5. The zero-order chi connectivity index (χ0) is 22.4. The first-order valence-electron chi connectivity index (χ1n) is 10.5. The van der Waals surface area contributed by atoms with Crippen LogP contribution >= 0.6 is 0 Å². The molecular formula is C26H34O4. The third-order valence-corrected chi connectivity index (χ3v) is 4.98. The number of carbonyl (C=O) groups is 2. The normalized spacial score (nSPS) is 11.8. The van der Waals surface area contributed by atoms with Crippen molar-refractivity contribution in [1.82, 2.24) is 0 Å². The topological polar surface area (TPSA) is 52.6 Å². The Morgan fingerprint density at radius 2 is 0.900 bits per heavy atom. The van der Waals surface area contributed by atoms with E-state index in [1.165, 1.54) is 11.1 Å². The van der Waals surface area contributed by atoms with Gasteiger partial charge in [-0.25, -0.2) is 9.59 Å². The van der Waals surface area contributed by atoms with Crippen molar-refractivity contribution >= 4 is 11.9 Å². The number of rotatable bonds is 7. The fourth-order valence-electron chi connectivity index (χ4n) is 2.91. The SMILES string of the molecule is CC(C)(C)c1ccc(C(=O)OCCCCOC(=O)c2ccc(C(C)(C)C)cc2)cc1. The molecule has 0 amide bonds. The molecule has 0 aliphatic heterocycles. The van der Waals surface area contributed by atoms with Crippen molar-refractivity contribution in [3.63, 3.8) is 0 Å². The van der Waals surface area contributed by atoms with Crippen LogP contribution in [-0.4, -0.2) is 25.2 Å². The van der Waals surface area contributed by atoms with Crippen LogP contribution < -0.4 is 0 Å². The van der Waals surface area contributed by atoms with Gasteiger partial charge in [0.25, 0.3) is 0 Å². The number of esters is 2. The summed E-state index contributed by atoms with van der Waals surface area (Å²) in [6.07, 6.45) is 1.28. The van der Waals surface area contributed by atoms with Gasteiger partial charge in [0.05, 0.1) is 24.3 Å². The lowest BCUT2D eigenvalue weighted by Gasteiger charge is -2.19. The lowest BCUT2D eigenvalue weighted by molar-refractivity contribution is 0.0432. The third-order valence-electron chi connectivity index (χ3n) is 4.98. The lowest BCUT2D eigenvalue weighted by Crippen LogP contribution is -2.13. The van der Waals surface area contributed by atoms with Gasteiger partial charge in [0.2, 0.25) is 0 Å². The Bertz CT molecular complexity index is 761. The van der Waals surface area contributed by atoms with E-state index in [1.807, 2.05) is 24.3 Å². The largest absolute Gasteiger partial charge is 0.462 e. The molecule has 0 saturated carbocycles. The predicted octanol–water partition coefficient (Wildman–Crippen LogP) is 6.08. The van der Waals surface area contributed by atoms with E-state index < -0.39 is 0 Å². The first kappa shape index (κ1) is 23.7. The second-order valence-electron chi connectivity index (χ2n) is 9.63. The van der Waals surface area contributed by atoms with Crippen LogP contribution in [-0.2, 0) is 20.3 Å². The summed E-state index contributed by atoms with van der Waals surface area (Å²) in [7, 11) is 0. The number of hydrogen-bond donors (Lipinski definition) is 0. The van der Waals surface area contributed by atoms with Gasteiger partial charge >= 0.3 is 11.9 Å². The van der Waals surface area contributed by atoms with Crippen LogP contribution in [0.4, 0.5) is 0 Å². The van der Waals surface area contributed by atoms with Crippen LogP contribution in [0.15, 0.2) is 48.5 Å². The summed E-state index contributed by atoms with van der Waals surface area (Å²) in [5.74, 6) is -0.655. The Morgan fingerprint density at radius 1 is 0.600 bits per heavy atom. The zero-order valence-corrected chi connectivity index (χ0v) is 19.1. The molecule has 4 heteroatoms. The van der Waals surface area contributed by atoms with Crippen molar-refractivity contribution in [2.45, 2.75) is 65.2 Å². The molecule has 4 nitrogen and oxygen atoms in total. The van der Waals surface area contributed by atoms with E-state index in [4.69, 9.17) is 9.47 Å². The molecule has 0 N–H and O–H groups in total. The molecule has 0 saturated heterocycles. The Labute approximate surface area is 180 Å². The van der Waals surface area contributed by atoms with Gasteiger partial charge in [0.15, 0.2) is 0 Å². The van der Waals surface area contributed by atoms with Crippen LogP contribution in [0.3, 0.4) is 0 Å². The van der Waals surface area contributed by atoms with Crippen molar-refractivity contribution in [3.05, 3.63) is 70.8 Å².